The van der Waals surface area contributed by atoms with Gasteiger partial charge in [-0.2, -0.15) is 0 Å². The second kappa shape index (κ2) is 4.99. The summed E-state index contributed by atoms with van der Waals surface area (Å²) in [5, 5.41) is 10.2. The maximum atomic E-state index is 10.2. The third kappa shape index (κ3) is 2.70. The van der Waals surface area contributed by atoms with Crippen LogP contribution in [0.3, 0.4) is 0 Å². The van der Waals surface area contributed by atoms with Crippen molar-refractivity contribution in [3.63, 3.8) is 0 Å². The fourth-order valence-corrected chi connectivity index (χ4v) is 1.18. The lowest BCUT2D eigenvalue weighted by molar-refractivity contribution is -0.400. The number of nitrogens with zero attached hydrogens (tertiary/aromatic N) is 1. The number of benzene rings is 1. The van der Waals surface area contributed by atoms with Gasteiger partial charge in [-0.1, -0.05) is 12.1 Å². The molecule has 1 aromatic carbocycles. The van der Waals surface area contributed by atoms with Gasteiger partial charge < -0.3 is 9.47 Å². The summed E-state index contributed by atoms with van der Waals surface area (Å²) in [5.74, 6) is 1.03. The van der Waals surface area contributed by atoms with Gasteiger partial charge in [0.2, 0.25) is 6.20 Å². The van der Waals surface area contributed by atoms with Gasteiger partial charge in [0.1, 0.15) is 0 Å². The third-order valence-electron chi connectivity index (χ3n) is 1.81. The van der Waals surface area contributed by atoms with Crippen LogP contribution in [0.1, 0.15) is 5.56 Å². The van der Waals surface area contributed by atoms with Crippen molar-refractivity contribution in [2.45, 2.75) is 0 Å². The van der Waals surface area contributed by atoms with E-state index in [9.17, 15) is 10.1 Å². The average molecular weight is 209 g/mol. The summed E-state index contributed by atoms with van der Waals surface area (Å²) in [6, 6.07) is 5.17. The molecule has 0 bridgehead atoms. The van der Waals surface area contributed by atoms with Gasteiger partial charge in [-0.15, -0.1) is 0 Å². The Labute approximate surface area is 87.1 Å². The predicted molar refractivity (Wildman–Crippen MR) is 55.6 cm³/mol. The second-order valence-corrected chi connectivity index (χ2v) is 2.68. The molecular formula is C10H11NO4. The molecule has 0 unspecified atom stereocenters. The molecule has 0 aliphatic carbocycles. The van der Waals surface area contributed by atoms with E-state index in [0.29, 0.717) is 17.1 Å². The van der Waals surface area contributed by atoms with Crippen molar-refractivity contribution in [2.75, 3.05) is 14.2 Å². The van der Waals surface area contributed by atoms with E-state index >= 15 is 0 Å². The summed E-state index contributed by atoms with van der Waals surface area (Å²) < 4.78 is 10.2. The van der Waals surface area contributed by atoms with E-state index in [2.05, 4.69) is 0 Å². The van der Waals surface area contributed by atoms with Crippen molar-refractivity contribution in [2.24, 2.45) is 0 Å². The monoisotopic (exact) mass is 209 g/mol. The number of nitro groups is 1. The third-order valence-corrected chi connectivity index (χ3v) is 1.81. The molecule has 1 rings (SSSR count). The van der Waals surface area contributed by atoms with Gasteiger partial charge >= 0.3 is 0 Å². The molecule has 0 aliphatic heterocycles. The van der Waals surface area contributed by atoms with Gasteiger partial charge in [0.25, 0.3) is 0 Å². The molecule has 0 heterocycles. The van der Waals surface area contributed by atoms with Crippen molar-refractivity contribution < 1.29 is 14.4 Å². The van der Waals surface area contributed by atoms with E-state index in [1.165, 1.54) is 20.3 Å². The molecule has 1 aromatic rings. The zero-order chi connectivity index (χ0) is 11.3. The van der Waals surface area contributed by atoms with Gasteiger partial charge in [0.05, 0.1) is 19.1 Å². The van der Waals surface area contributed by atoms with Crippen molar-refractivity contribution in [3.8, 4) is 11.5 Å². The molecule has 0 saturated heterocycles. The molecule has 0 radical (unpaired) electrons. The first-order valence-corrected chi connectivity index (χ1v) is 4.21. The van der Waals surface area contributed by atoms with E-state index in [1.54, 1.807) is 18.2 Å². The van der Waals surface area contributed by atoms with Gasteiger partial charge in [-0.3, -0.25) is 10.1 Å². The van der Waals surface area contributed by atoms with Crippen molar-refractivity contribution in [1.82, 2.24) is 0 Å². The highest BCUT2D eigenvalue weighted by Gasteiger charge is 2.07. The first-order valence-electron chi connectivity index (χ1n) is 4.21. The van der Waals surface area contributed by atoms with Crippen molar-refractivity contribution in [1.29, 1.82) is 0 Å². The van der Waals surface area contributed by atoms with Crippen LogP contribution >= 0.6 is 0 Å². The standard InChI is InChI=1S/C10H11NO4/c1-14-9-5-3-4-8(10(9)15-2)6-7-11(12)13/h3-7H,1-2H3/b7-6-. The molecule has 0 aliphatic rings. The second-order valence-electron chi connectivity index (χ2n) is 2.68. The van der Waals surface area contributed by atoms with Crippen LogP contribution in [0.2, 0.25) is 0 Å². The molecule has 0 amide bonds. The van der Waals surface area contributed by atoms with E-state index in [4.69, 9.17) is 9.47 Å². The molecule has 0 fully saturated rings. The van der Waals surface area contributed by atoms with Crippen LogP contribution in [0, 0.1) is 10.1 Å². The quantitative estimate of drug-likeness (QED) is 0.561. The Bertz CT molecular complexity index is 387. The predicted octanol–water partition coefficient (Wildman–Crippen LogP) is 1.95. The molecule has 0 aromatic heterocycles. The fraction of sp³-hybridized carbons (Fsp3) is 0.200. The Balaban J connectivity index is 3.11. The topological polar surface area (TPSA) is 61.6 Å². The molecule has 0 atom stereocenters. The zero-order valence-electron chi connectivity index (χ0n) is 8.47. The van der Waals surface area contributed by atoms with Crippen LogP contribution in [0.15, 0.2) is 24.4 Å². The maximum Gasteiger partial charge on any atom is 0.235 e. The van der Waals surface area contributed by atoms with Gasteiger partial charge in [-0.25, -0.2) is 0 Å². The molecule has 0 spiro atoms. The summed E-state index contributed by atoms with van der Waals surface area (Å²) in [7, 11) is 3.00. The minimum atomic E-state index is -0.529. The maximum absolute atomic E-state index is 10.2. The van der Waals surface area contributed by atoms with Crippen LogP contribution in [-0.4, -0.2) is 19.1 Å². The highest BCUT2D eigenvalue weighted by atomic mass is 16.6. The van der Waals surface area contributed by atoms with Crippen molar-refractivity contribution in [3.05, 3.63) is 40.1 Å². The number of hydrogen-bond donors (Lipinski definition) is 0. The van der Waals surface area contributed by atoms with Gasteiger partial charge in [0, 0.05) is 11.6 Å². The Kier molecular flexibility index (Phi) is 3.68. The van der Waals surface area contributed by atoms with Crippen LogP contribution in [0.5, 0.6) is 11.5 Å². The fourth-order valence-electron chi connectivity index (χ4n) is 1.18. The number of methoxy groups -OCH3 is 2. The number of hydrogen-bond acceptors (Lipinski definition) is 4. The Hall–Kier alpha value is -2.04. The van der Waals surface area contributed by atoms with Crippen LogP contribution in [-0.2, 0) is 0 Å². The number of para-hydroxylation sites is 1. The summed E-state index contributed by atoms with van der Waals surface area (Å²) in [5.41, 5.74) is 0.605. The molecule has 5 nitrogen and oxygen atoms in total. The van der Waals surface area contributed by atoms with E-state index in [-0.39, 0.29) is 0 Å². The minimum absolute atomic E-state index is 0.484. The largest absolute Gasteiger partial charge is 0.493 e. The SMILES string of the molecule is COc1cccc(/C=C\[N+](=O)[O-])c1OC. The Morgan fingerprint density at radius 2 is 2.07 bits per heavy atom. The highest BCUT2D eigenvalue weighted by Crippen LogP contribution is 2.31. The van der Waals surface area contributed by atoms with Crippen LogP contribution in [0.4, 0.5) is 0 Å². The van der Waals surface area contributed by atoms with Crippen LogP contribution in [0.25, 0.3) is 6.08 Å². The summed E-state index contributed by atoms with van der Waals surface area (Å²) in [4.78, 5) is 9.64. The minimum Gasteiger partial charge on any atom is -0.493 e. The van der Waals surface area contributed by atoms with Gasteiger partial charge in [0.15, 0.2) is 11.5 Å². The summed E-state index contributed by atoms with van der Waals surface area (Å²) in [6.45, 7) is 0. The first-order chi connectivity index (χ1) is 7.19. The number of ether oxygens (including phenoxy) is 2. The smallest absolute Gasteiger partial charge is 0.235 e. The first kappa shape index (κ1) is 11.0. The molecular weight excluding hydrogens is 198 g/mol. The van der Waals surface area contributed by atoms with Crippen molar-refractivity contribution >= 4 is 6.08 Å². The molecule has 15 heavy (non-hydrogen) atoms. The Morgan fingerprint density at radius 3 is 2.60 bits per heavy atom. The lowest BCUT2D eigenvalue weighted by Crippen LogP contribution is -1.93. The lowest BCUT2D eigenvalue weighted by atomic mass is 10.2. The zero-order valence-corrected chi connectivity index (χ0v) is 8.47. The summed E-state index contributed by atoms with van der Waals surface area (Å²) >= 11 is 0. The van der Waals surface area contributed by atoms with Crippen LogP contribution < -0.4 is 9.47 Å². The lowest BCUT2D eigenvalue weighted by Gasteiger charge is -2.09. The average Bonchev–Trinajstić information content (AvgIpc) is 2.25. The molecule has 0 saturated carbocycles. The summed E-state index contributed by atoms with van der Waals surface area (Å²) in [6.07, 6.45) is 2.22. The molecule has 80 valence electrons. The Morgan fingerprint density at radius 1 is 1.33 bits per heavy atom. The normalized spacial score (nSPS) is 10.3. The van der Waals surface area contributed by atoms with E-state index in [0.717, 1.165) is 6.20 Å². The highest BCUT2D eigenvalue weighted by molar-refractivity contribution is 5.61. The number of rotatable bonds is 4. The van der Waals surface area contributed by atoms with E-state index < -0.39 is 4.92 Å². The molecule has 5 heteroatoms. The molecule has 0 N–H and O–H groups in total. The van der Waals surface area contributed by atoms with E-state index in [1.807, 2.05) is 0 Å². The van der Waals surface area contributed by atoms with Gasteiger partial charge in [-0.05, 0) is 6.07 Å².